The fourth-order valence-electron chi connectivity index (χ4n) is 2.12. The van der Waals surface area contributed by atoms with Gasteiger partial charge in [-0.2, -0.15) is 0 Å². The molecule has 0 saturated heterocycles. The van der Waals surface area contributed by atoms with Gasteiger partial charge in [-0.3, -0.25) is 0 Å². The van der Waals surface area contributed by atoms with Gasteiger partial charge in [-0.15, -0.1) is 0 Å². The fraction of sp³-hybridized carbons (Fsp3) is 0.0526. The lowest BCUT2D eigenvalue weighted by atomic mass is 10.1. The highest BCUT2D eigenvalue weighted by Crippen LogP contribution is 2.22. The van der Waals surface area contributed by atoms with E-state index in [2.05, 4.69) is 12.1 Å². The number of hydrogen-bond acceptors (Lipinski definition) is 1. The van der Waals surface area contributed by atoms with Crippen molar-refractivity contribution in [1.29, 1.82) is 0 Å². The molecule has 0 radical (unpaired) electrons. The Balaban J connectivity index is 1.66. The van der Waals surface area contributed by atoms with E-state index < -0.39 is 0 Å². The van der Waals surface area contributed by atoms with Crippen molar-refractivity contribution < 1.29 is 9.13 Å². The second-order valence-electron chi connectivity index (χ2n) is 4.81. The molecule has 3 aromatic rings. The molecule has 21 heavy (non-hydrogen) atoms. The van der Waals surface area contributed by atoms with E-state index in [0.29, 0.717) is 6.61 Å². The molecule has 0 aliphatic heterocycles. The van der Waals surface area contributed by atoms with Crippen LogP contribution in [0.5, 0.6) is 5.75 Å². The largest absolute Gasteiger partial charge is 0.489 e. The summed E-state index contributed by atoms with van der Waals surface area (Å²) < 4.78 is 18.5. The average Bonchev–Trinajstić information content (AvgIpc) is 2.56. The molecule has 3 rings (SSSR count). The van der Waals surface area contributed by atoms with Crippen molar-refractivity contribution in [3.05, 3.63) is 90.2 Å². The smallest absolute Gasteiger partial charge is 0.123 e. The van der Waals surface area contributed by atoms with E-state index in [1.54, 1.807) is 12.1 Å². The molecular formula is C19H15FO. The third kappa shape index (κ3) is 3.48. The SMILES string of the molecule is Fc1ccc(COc2ccc(-c3ccccc3)cc2)cc1. The van der Waals surface area contributed by atoms with Crippen molar-refractivity contribution in [2.24, 2.45) is 0 Å². The lowest BCUT2D eigenvalue weighted by Gasteiger charge is -2.07. The number of rotatable bonds is 4. The third-order valence-corrected chi connectivity index (χ3v) is 3.28. The summed E-state index contributed by atoms with van der Waals surface area (Å²) in [5.74, 6) is 0.574. The zero-order valence-electron chi connectivity index (χ0n) is 11.5. The minimum absolute atomic E-state index is 0.231. The van der Waals surface area contributed by atoms with Gasteiger partial charge < -0.3 is 4.74 Å². The second-order valence-corrected chi connectivity index (χ2v) is 4.81. The molecule has 0 atom stereocenters. The van der Waals surface area contributed by atoms with Gasteiger partial charge in [-0.05, 0) is 41.0 Å². The normalized spacial score (nSPS) is 10.3. The van der Waals surface area contributed by atoms with E-state index in [9.17, 15) is 4.39 Å². The fourth-order valence-corrected chi connectivity index (χ4v) is 2.12. The predicted molar refractivity (Wildman–Crippen MR) is 82.6 cm³/mol. The molecule has 104 valence electrons. The van der Waals surface area contributed by atoms with E-state index >= 15 is 0 Å². The maximum Gasteiger partial charge on any atom is 0.123 e. The summed E-state index contributed by atoms with van der Waals surface area (Å²) in [5, 5.41) is 0. The van der Waals surface area contributed by atoms with E-state index in [0.717, 1.165) is 16.9 Å². The Kier molecular flexibility index (Phi) is 3.97. The van der Waals surface area contributed by atoms with Crippen LogP contribution in [0.4, 0.5) is 4.39 Å². The summed E-state index contributed by atoms with van der Waals surface area (Å²) in [4.78, 5) is 0. The van der Waals surface area contributed by atoms with Gasteiger partial charge in [0.05, 0.1) is 0 Å². The molecule has 0 unspecified atom stereocenters. The quantitative estimate of drug-likeness (QED) is 0.647. The lowest BCUT2D eigenvalue weighted by molar-refractivity contribution is 0.306. The van der Waals surface area contributed by atoms with Gasteiger partial charge in [0, 0.05) is 0 Å². The van der Waals surface area contributed by atoms with Gasteiger partial charge in [0.15, 0.2) is 0 Å². The summed E-state index contributed by atoms with van der Waals surface area (Å²) in [5.41, 5.74) is 3.29. The molecule has 0 saturated carbocycles. The third-order valence-electron chi connectivity index (χ3n) is 3.28. The molecule has 3 aromatic carbocycles. The van der Waals surface area contributed by atoms with Crippen LogP contribution in [-0.2, 0) is 6.61 Å². The summed E-state index contributed by atoms with van der Waals surface area (Å²) in [7, 11) is 0. The van der Waals surface area contributed by atoms with Crippen LogP contribution in [0.2, 0.25) is 0 Å². The Bertz CT molecular complexity index is 688. The first kappa shape index (κ1) is 13.4. The first-order valence-corrected chi connectivity index (χ1v) is 6.84. The first-order valence-electron chi connectivity index (χ1n) is 6.84. The molecular weight excluding hydrogens is 263 g/mol. The van der Waals surface area contributed by atoms with Crippen molar-refractivity contribution in [3.63, 3.8) is 0 Å². The van der Waals surface area contributed by atoms with Crippen LogP contribution in [-0.4, -0.2) is 0 Å². The zero-order chi connectivity index (χ0) is 14.5. The number of ether oxygens (including phenoxy) is 1. The first-order chi connectivity index (χ1) is 10.3. The molecule has 2 heteroatoms. The molecule has 0 aliphatic carbocycles. The molecule has 0 heterocycles. The number of halogens is 1. The maximum atomic E-state index is 12.8. The summed E-state index contributed by atoms with van der Waals surface area (Å²) in [6, 6.07) is 24.5. The lowest BCUT2D eigenvalue weighted by Crippen LogP contribution is -1.95. The Morgan fingerprint density at radius 1 is 0.667 bits per heavy atom. The zero-order valence-corrected chi connectivity index (χ0v) is 11.5. The van der Waals surface area contributed by atoms with Gasteiger partial charge in [0.2, 0.25) is 0 Å². The van der Waals surface area contributed by atoms with E-state index in [1.807, 2.05) is 42.5 Å². The van der Waals surface area contributed by atoms with Crippen LogP contribution in [0.25, 0.3) is 11.1 Å². The van der Waals surface area contributed by atoms with Gasteiger partial charge in [-0.1, -0.05) is 54.6 Å². The van der Waals surface area contributed by atoms with Gasteiger partial charge in [0.25, 0.3) is 0 Å². The average molecular weight is 278 g/mol. The molecule has 0 spiro atoms. The van der Waals surface area contributed by atoms with E-state index in [4.69, 9.17) is 4.74 Å². The van der Waals surface area contributed by atoms with E-state index in [-0.39, 0.29) is 5.82 Å². The topological polar surface area (TPSA) is 9.23 Å². The van der Waals surface area contributed by atoms with Crippen LogP contribution >= 0.6 is 0 Å². The Morgan fingerprint density at radius 3 is 1.95 bits per heavy atom. The minimum Gasteiger partial charge on any atom is -0.489 e. The molecule has 1 nitrogen and oxygen atoms in total. The Hall–Kier alpha value is -2.61. The Morgan fingerprint density at radius 2 is 1.29 bits per heavy atom. The van der Waals surface area contributed by atoms with Crippen LogP contribution in [0.15, 0.2) is 78.9 Å². The predicted octanol–water partition coefficient (Wildman–Crippen LogP) is 5.07. The highest BCUT2D eigenvalue weighted by molar-refractivity contribution is 5.63. The van der Waals surface area contributed by atoms with Crippen LogP contribution < -0.4 is 4.74 Å². The van der Waals surface area contributed by atoms with Gasteiger partial charge >= 0.3 is 0 Å². The Labute approximate surface area is 123 Å². The standard InChI is InChI=1S/C19H15FO/c20-18-10-6-15(7-11-18)14-21-19-12-8-17(9-13-19)16-4-2-1-3-5-16/h1-13H,14H2. The van der Waals surface area contributed by atoms with Crippen molar-refractivity contribution in [3.8, 4) is 16.9 Å². The molecule has 0 aromatic heterocycles. The van der Waals surface area contributed by atoms with Crippen LogP contribution in [0.1, 0.15) is 5.56 Å². The van der Waals surface area contributed by atoms with Crippen LogP contribution in [0, 0.1) is 5.82 Å². The highest BCUT2D eigenvalue weighted by atomic mass is 19.1. The van der Waals surface area contributed by atoms with Crippen molar-refractivity contribution in [1.82, 2.24) is 0 Å². The number of hydrogen-bond donors (Lipinski definition) is 0. The van der Waals surface area contributed by atoms with Gasteiger partial charge in [-0.25, -0.2) is 4.39 Å². The summed E-state index contributed by atoms with van der Waals surface area (Å²) in [6.07, 6.45) is 0. The van der Waals surface area contributed by atoms with Crippen molar-refractivity contribution in [2.45, 2.75) is 6.61 Å². The summed E-state index contributed by atoms with van der Waals surface area (Å²) in [6.45, 7) is 0.435. The van der Waals surface area contributed by atoms with Crippen molar-refractivity contribution >= 4 is 0 Å². The molecule has 0 fully saturated rings. The molecule has 0 amide bonds. The molecule has 0 bridgehead atoms. The summed E-state index contributed by atoms with van der Waals surface area (Å²) >= 11 is 0. The second kappa shape index (κ2) is 6.23. The monoisotopic (exact) mass is 278 g/mol. The maximum absolute atomic E-state index is 12.8. The van der Waals surface area contributed by atoms with Gasteiger partial charge in [0.1, 0.15) is 18.2 Å². The highest BCUT2D eigenvalue weighted by Gasteiger charge is 1.99. The van der Waals surface area contributed by atoms with Crippen molar-refractivity contribution in [2.75, 3.05) is 0 Å². The molecule has 0 aliphatic rings. The van der Waals surface area contributed by atoms with Crippen LogP contribution in [0.3, 0.4) is 0 Å². The number of benzene rings is 3. The molecule has 0 N–H and O–H groups in total. The van der Waals surface area contributed by atoms with E-state index in [1.165, 1.54) is 17.7 Å². The minimum atomic E-state index is -0.231.